The smallest absolute Gasteiger partial charge is 0.217 e. The van der Waals surface area contributed by atoms with Crippen molar-refractivity contribution in [1.29, 1.82) is 0 Å². The van der Waals surface area contributed by atoms with Gasteiger partial charge in [-0.15, -0.1) is 0 Å². The number of carbonyl (C=O) groups excluding carboxylic acids is 5. The van der Waals surface area contributed by atoms with Gasteiger partial charge >= 0.3 is 0 Å². The third-order valence-corrected chi connectivity index (χ3v) is 27.1. The first-order valence-electron chi connectivity index (χ1n) is 47.2. The number of carbonyl (C=O) groups is 5. The molecule has 66 heteroatoms. The Bertz CT molecular complexity index is 4130. The molecule has 0 radical (unpaired) electrons. The summed E-state index contributed by atoms with van der Waals surface area (Å²) in [5.74, 6) is -5.06. The molecule has 60 atom stereocenters. The number of aliphatic hydroxyl groups excluding tert-OH is 33. The lowest BCUT2D eigenvalue weighted by atomic mass is 9.93. The molecule has 0 aliphatic carbocycles. The van der Waals surface area contributed by atoms with E-state index < -0.39 is 477 Å². The Morgan fingerprint density at radius 2 is 0.378 bits per heavy atom. The minimum absolute atomic E-state index is 0.855. The van der Waals surface area contributed by atoms with Crippen molar-refractivity contribution in [3.63, 3.8) is 0 Å². The fraction of sp³-hybridized carbons (Fsp3) is 0.939. The predicted octanol–water partition coefficient (Wildman–Crippen LogP) is -26.4. The molecule has 148 heavy (non-hydrogen) atoms. The Hall–Kier alpha value is -4.89. The van der Waals surface area contributed by atoms with Crippen LogP contribution in [0.25, 0.3) is 0 Å². The number of hydrogen-bond acceptors (Lipinski definition) is 61. The molecule has 0 bridgehead atoms. The zero-order valence-electron chi connectivity index (χ0n) is 79.3. The van der Waals surface area contributed by atoms with Crippen LogP contribution in [0.2, 0.25) is 0 Å². The molecule has 0 aromatic heterocycles. The van der Waals surface area contributed by atoms with Crippen LogP contribution in [0.15, 0.2) is 0 Å². The van der Waals surface area contributed by atoms with Crippen molar-refractivity contribution >= 4 is 29.5 Å². The molecule has 12 rings (SSSR count). The molecule has 12 aliphatic rings. The second kappa shape index (κ2) is 53.4. The number of aliphatic hydroxyl groups is 33. The van der Waals surface area contributed by atoms with E-state index in [0.717, 1.165) is 34.6 Å². The number of amides is 5. The highest BCUT2D eigenvalue weighted by atomic mass is 16.8. The van der Waals surface area contributed by atoms with Crippen LogP contribution in [-0.4, -0.2) is 645 Å². The fourth-order valence-electron chi connectivity index (χ4n) is 19.2. The number of nitrogens with one attached hydrogen (secondary N) is 5. The first kappa shape index (κ1) is 122. The maximum atomic E-state index is 13.5. The second-order valence-corrected chi connectivity index (χ2v) is 37.4. The normalized spacial score (nSPS) is 49.3. The van der Waals surface area contributed by atoms with Gasteiger partial charge in [0.05, 0.1) is 79.3 Å². The molecular formula is C82H137N5O61. The minimum Gasteiger partial charge on any atom is -0.394 e. The lowest BCUT2D eigenvalue weighted by Crippen LogP contribution is -2.71. The number of ether oxygens (including phenoxy) is 23. The summed E-state index contributed by atoms with van der Waals surface area (Å²) in [6.07, 6.45) is -121. The maximum Gasteiger partial charge on any atom is 0.217 e. The Labute approximate surface area is 837 Å². The molecular weight excluding hydrogens is 2030 g/mol. The van der Waals surface area contributed by atoms with E-state index in [1.807, 2.05) is 0 Å². The van der Waals surface area contributed by atoms with E-state index in [1.54, 1.807) is 0 Å². The summed E-state index contributed by atoms with van der Waals surface area (Å²) in [6.45, 7) is -9.77. The van der Waals surface area contributed by atoms with Crippen molar-refractivity contribution in [3.8, 4) is 0 Å². The molecule has 0 aromatic carbocycles. The molecule has 0 saturated carbocycles. The Kier molecular flexibility index (Phi) is 43.9. The number of rotatable bonds is 39. The highest BCUT2D eigenvalue weighted by molar-refractivity contribution is 5.75. The molecule has 38 N–H and O–H groups in total. The second-order valence-electron chi connectivity index (χ2n) is 37.4. The topological polar surface area (TPSA) is 1030 Å². The van der Waals surface area contributed by atoms with Gasteiger partial charge in [0.15, 0.2) is 75.5 Å². The Morgan fingerprint density at radius 1 is 0.176 bits per heavy atom. The third kappa shape index (κ3) is 26.9. The molecule has 12 fully saturated rings. The zero-order chi connectivity index (χ0) is 109. The molecule has 0 aromatic rings. The van der Waals surface area contributed by atoms with E-state index in [1.165, 1.54) is 0 Å². The zero-order valence-corrected chi connectivity index (χ0v) is 79.3. The fourth-order valence-corrected chi connectivity index (χ4v) is 19.2. The van der Waals surface area contributed by atoms with E-state index in [9.17, 15) is 192 Å². The molecule has 12 heterocycles. The summed E-state index contributed by atoms with van der Waals surface area (Å²) < 4.78 is 138. The van der Waals surface area contributed by atoms with Crippen LogP contribution >= 0.6 is 0 Å². The van der Waals surface area contributed by atoms with E-state index >= 15 is 0 Å². The van der Waals surface area contributed by atoms with Gasteiger partial charge in [-0.05, 0) is 0 Å². The van der Waals surface area contributed by atoms with Gasteiger partial charge in [0.1, 0.15) is 293 Å². The predicted molar refractivity (Wildman–Crippen MR) is 453 cm³/mol. The summed E-state index contributed by atoms with van der Waals surface area (Å²) >= 11 is 0. The van der Waals surface area contributed by atoms with E-state index in [-0.39, 0.29) is 0 Å². The summed E-state index contributed by atoms with van der Waals surface area (Å²) in [7, 11) is 0. The van der Waals surface area contributed by atoms with Crippen molar-refractivity contribution in [1.82, 2.24) is 26.6 Å². The van der Waals surface area contributed by atoms with Gasteiger partial charge < -0.3 is 304 Å². The molecule has 12 aliphatic heterocycles. The molecule has 856 valence electrons. The first-order valence-corrected chi connectivity index (χ1v) is 47.2. The highest BCUT2D eigenvalue weighted by Crippen LogP contribution is 2.43. The van der Waals surface area contributed by atoms with E-state index in [4.69, 9.17) is 109 Å². The largest absolute Gasteiger partial charge is 0.394 e. The van der Waals surface area contributed by atoms with Crippen molar-refractivity contribution in [2.75, 3.05) is 79.3 Å². The van der Waals surface area contributed by atoms with Gasteiger partial charge in [0.2, 0.25) is 29.5 Å². The summed E-state index contributed by atoms with van der Waals surface area (Å²) in [6, 6.07) is -10.1. The van der Waals surface area contributed by atoms with Crippen molar-refractivity contribution in [3.05, 3.63) is 0 Å². The van der Waals surface area contributed by atoms with Crippen molar-refractivity contribution in [2.24, 2.45) is 0 Å². The lowest BCUT2D eigenvalue weighted by molar-refractivity contribution is -0.406. The van der Waals surface area contributed by atoms with Gasteiger partial charge in [-0.3, -0.25) is 24.0 Å². The van der Waals surface area contributed by atoms with Crippen molar-refractivity contribution in [2.45, 2.75) is 403 Å². The van der Waals surface area contributed by atoms with E-state index in [2.05, 4.69) is 26.6 Å². The Balaban J connectivity index is 0.931. The summed E-state index contributed by atoms with van der Waals surface area (Å²) in [5, 5.41) is 384. The van der Waals surface area contributed by atoms with Crippen LogP contribution in [0.5, 0.6) is 0 Å². The first-order chi connectivity index (χ1) is 70.1. The van der Waals surface area contributed by atoms with Crippen LogP contribution < -0.4 is 26.6 Å². The minimum atomic E-state index is -2.76. The van der Waals surface area contributed by atoms with Crippen LogP contribution in [-0.2, 0) is 133 Å². The van der Waals surface area contributed by atoms with Gasteiger partial charge in [-0.25, -0.2) is 0 Å². The van der Waals surface area contributed by atoms with Crippen LogP contribution in [0.1, 0.15) is 34.6 Å². The van der Waals surface area contributed by atoms with Gasteiger partial charge in [0, 0.05) is 34.6 Å². The Morgan fingerprint density at radius 3 is 0.689 bits per heavy atom. The SMILES string of the molecule is CC(=O)N[C@H]1[C@H](O[C@@H]2[C@@H](O[C@@H]3[C@H](O)[C@H](O[C@H]4[C@H](O)[C@@H](NC(C)=O)C(O)O[C@@H]4CO)O[C@H](CO[C@H]4O[C@H](CO[C@@H]5O[C@H](CO)[C@@H](O[C@@H]6O[C@H](CO)[C@H](O)[C@H](O)[C@H]6O)[C@@H](O)[C@H]5NC(C)=O)[C@@H](O)[C@H](O)[C@@H]4O[C@H]4O[C@H](CO)[C@@H](O[C@@H]5O[C@H](CO)[C@H](O)[C@H](O)[C@H]5O)[C@H](O)[C@H]4NC(C)=O)[C@H]3O)O[C@H](CO)[C@@H](O[C@@H]3O[C@H](CO)[C@@H](O[C@@H]4O[C@H](CO)[C@H](O)[C@H](O)[C@H]4O)[C@H](O)[C@H]3NC(C)=O)[C@@H]2O)O[C@H](CO)[C@@H](O[C@@H]2O[C@H](CO)[C@H](O)[C@H](O)[C@H]2O)[C@@H]1O. The third-order valence-electron chi connectivity index (χ3n) is 27.1. The van der Waals surface area contributed by atoms with Crippen LogP contribution in [0.4, 0.5) is 0 Å². The van der Waals surface area contributed by atoms with Crippen molar-refractivity contribution < 1.29 is 301 Å². The standard InChI is InChI=1S/C82H137N5O61/c1-18(98)83-35-46(109)62(27(10-92)128-71(35)125)145-80-61(124)68(146-82-70(148-75-39(87-22(5)102)50(113)66(31(14-96)136-75)144-79-59(122)54(117)43(106)26(9-91)132-79)60(123)67(32(15-97)137-82)140-73-37(85-20(3)100)48(111)64(29(12-94)134-73)142-77-57(120)52(115)41(104)24(7-89)130-77)45(108)34(138-80)17-127-81-69(147-74-38(86-21(4)101)49(112)65(30(13-95)135-74)143-78-58(121)53(116)42(105)25(8-90)131-78)55(118)44(107)33(139-81)16-126-72-36(84-19(2)99)47(110)63(28(11-93)133-72)141-76-56(119)51(114)40(103)23(6-88)129-76/h23-82,88-97,103-125H,6-17H2,1-5H3,(H,83,98)(H,84,99)(H,85,100)(H,86,101)(H,87,102)/t23-,24-,25-,26-,27-,28-,29-,30-,31-,32-,33-,34-,35-,36-,37-,38-,39-,40+,41+,42+,43+,44-,45-,46-,47+,48-,49-,50-,51+,52+,53+,54+,55+,56-,57-,58-,59-,60+,61+,62-,63-,64-,65-,66-,67-,68+,69+,70+,71?,72-,73+,74-,75+,76+,77+,78+,79+,80+,81+,82-/m1/s1. The van der Waals surface area contributed by atoms with Gasteiger partial charge in [-0.2, -0.15) is 0 Å². The molecule has 66 nitrogen and oxygen atoms in total. The molecule has 5 amide bonds. The average Bonchev–Trinajstić information content (AvgIpc) is 0.745. The van der Waals surface area contributed by atoms with Gasteiger partial charge in [-0.1, -0.05) is 0 Å². The summed E-state index contributed by atoms with van der Waals surface area (Å²) in [4.78, 5) is 65.7. The monoisotopic (exact) mass is 2170 g/mol. The molecule has 12 saturated heterocycles. The van der Waals surface area contributed by atoms with Gasteiger partial charge in [0.25, 0.3) is 0 Å². The molecule has 1 unspecified atom stereocenters. The lowest BCUT2D eigenvalue weighted by Gasteiger charge is -2.52. The van der Waals surface area contributed by atoms with E-state index in [0.29, 0.717) is 0 Å². The highest BCUT2D eigenvalue weighted by Gasteiger charge is 2.64. The maximum absolute atomic E-state index is 13.5. The van der Waals surface area contributed by atoms with Crippen LogP contribution in [0, 0.1) is 0 Å². The summed E-state index contributed by atoms with van der Waals surface area (Å²) in [5.41, 5.74) is 0. The average molecular weight is 2170 g/mol. The molecule has 0 spiro atoms. The van der Waals surface area contributed by atoms with Crippen LogP contribution in [0.3, 0.4) is 0 Å². The number of hydrogen-bond donors (Lipinski definition) is 38. The quantitative estimate of drug-likeness (QED) is 0.0272.